The molecule has 134 valence electrons. The molecule has 0 N–H and O–H groups in total. The third-order valence-corrected chi connectivity index (χ3v) is 4.57. The summed E-state index contributed by atoms with van der Waals surface area (Å²) in [6.45, 7) is 0. The Morgan fingerprint density at radius 2 is 1.69 bits per heavy atom. The number of rotatable bonds is 5. The van der Waals surface area contributed by atoms with Gasteiger partial charge in [-0.05, 0) is 41.2 Å². The smallest absolute Gasteiger partial charge is 0.416 e. The van der Waals surface area contributed by atoms with E-state index in [9.17, 15) is 23.3 Å². The van der Waals surface area contributed by atoms with Crippen LogP contribution in [-0.2, 0) is 12.6 Å². The number of hydrogen-bond donors (Lipinski definition) is 0. The lowest BCUT2D eigenvalue weighted by Crippen LogP contribution is -2.03. The molecule has 0 fully saturated rings. The molecule has 3 rings (SSSR count). The lowest BCUT2D eigenvalue weighted by Gasteiger charge is -2.07. The molecule has 0 bridgehead atoms. The van der Waals surface area contributed by atoms with Crippen LogP contribution in [-0.4, -0.2) is 4.92 Å². The Balaban J connectivity index is 1.82. The van der Waals surface area contributed by atoms with E-state index in [2.05, 4.69) is 0 Å². The van der Waals surface area contributed by atoms with Gasteiger partial charge in [-0.25, -0.2) is 0 Å². The van der Waals surface area contributed by atoms with Crippen LogP contribution in [0.25, 0.3) is 0 Å². The molecule has 0 saturated carbocycles. The summed E-state index contributed by atoms with van der Waals surface area (Å²) in [5, 5.41) is 11.5. The van der Waals surface area contributed by atoms with Crippen LogP contribution < -0.4 is 4.74 Å². The standard InChI is InChI=1S/C18H12F3NO3S/c19-18(20,21)14-6-8-15(9-7-14)25-16-11-13(17(26-16)22(23)24)10-12-4-2-1-3-5-12/h1-9,11H,10H2. The van der Waals surface area contributed by atoms with E-state index in [1.165, 1.54) is 12.1 Å². The van der Waals surface area contributed by atoms with Crippen molar-refractivity contribution in [1.29, 1.82) is 0 Å². The van der Waals surface area contributed by atoms with Crippen molar-refractivity contribution in [3.63, 3.8) is 0 Å². The van der Waals surface area contributed by atoms with Gasteiger partial charge in [0, 0.05) is 12.5 Å². The minimum atomic E-state index is -4.43. The second kappa shape index (κ2) is 7.17. The predicted molar refractivity (Wildman–Crippen MR) is 91.7 cm³/mol. The van der Waals surface area contributed by atoms with E-state index >= 15 is 0 Å². The summed E-state index contributed by atoms with van der Waals surface area (Å²) in [6.07, 6.45) is -4.06. The van der Waals surface area contributed by atoms with Crippen molar-refractivity contribution in [2.45, 2.75) is 12.6 Å². The summed E-state index contributed by atoms with van der Waals surface area (Å²) in [7, 11) is 0. The normalized spacial score (nSPS) is 11.3. The fourth-order valence-electron chi connectivity index (χ4n) is 2.37. The lowest BCUT2D eigenvalue weighted by molar-refractivity contribution is -0.380. The van der Waals surface area contributed by atoms with Crippen molar-refractivity contribution < 1.29 is 22.8 Å². The molecule has 0 aliphatic carbocycles. The van der Waals surface area contributed by atoms with E-state index in [0.29, 0.717) is 12.0 Å². The average molecular weight is 379 g/mol. The zero-order chi connectivity index (χ0) is 18.7. The maximum Gasteiger partial charge on any atom is 0.416 e. The molecular weight excluding hydrogens is 367 g/mol. The fourth-order valence-corrected chi connectivity index (χ4v) is 3.24. The first-order chi connectivity index (χ1) is 12.3. The zero-order valence-electron chi connectivity index (χ0n) is 13.2. The second-order valence-corrected chi connectivity index (χ2v) is 6.43. The first-order valence-corrected chi connectivity index (χ1v) is 8.31. The van der Waals surface area contributed by atoms with Gasteiger partial charge in [0.15, 0.2) is 5.06 Å². The molecule has 0 spiro atoms. The molecule has 0 aliphatic rings. The van der Waals surface area contributed by atoms with Crippen molar-refractivity contribution in [3.05, 3.63) is 87.5 Å². The molecule has 26 heavy (non-hydrogen) atoms. The van der Waals surface area contributed by atoms with E-state index in [-0.39, 0.29) is 15.8 Å². The monoisotopic (exact) mass is 379 g/mol. The van der Waals surface area contributed by atoms with Crippen LogP contribution in [0.5, 0.6) is 10.8 Å². The Kier molecular flexibility index (Phi) is 4.94. The van der Waals surface area contributed by atoms with Gasteiger partial charge >= 0.3 is 11.2 Å². The summed E-state index contributed by atoms with van der Waals surface area (Å²) in [6, 6.07) is 15.0. The molecule has 0 radical (unpaired) electrons. The highest BCUT2D eigenvalue weighted by molar-refractivity contribution is 7.17. The van der Waals surface area contributed by atoms with Gasteiger partial charge in [-0.15, -0.1) is 0 Å². The van der Waals surface area contributed by atoms with Gasteiger partial charge in [-0.1, -0.05) is 30.3 Å². The minimum absolute atomic E-state index is 0.0456. The van der Waals surface area contributed by atoms with Gasteiger partial charge in [0.2, 0.25) is 0 Å². The molecular formula is C18H12F3NO3S. The van der Waals surface area contributed by atoms with Gasteiger partial charge in [0.1, 0.15) is 5.75 Å². The summed E-state index contributed by atoms with van der Waals surface area (Å²) < 4.78 is 43.3. The second-order valence-electron chi connectivity index (χ2n) is 5.44. The van der Waals surface area contributed by atoms with Crippen LogP contribution in [0.4, 0.5) is 18.2 Å². The Labute approximate surface area is 150 Å². The molecule has 2 aromatic carbocycles. The van der Waals surface area contributed by atoms with Gasteiger partial charge < -0.3 is 4.74 Å². The summed E-state index contributed by atoms with van der Waals surface area (Å²) in [5.74, 6) is 0.181. The summed E-state index contributed by atoms with van der Waals surface area (Å²) in [5.41, 5.74) is 0.620. The Hall–Kier alpha value is -2.87. The van der Waals surface area contributed by atoms with Gasteiger partial charge in [-0.3, -0.25) is 10.1 Å². The number of hydrogen-bond acceptors (Lipinski definition) is 4. The molecule has 1 heterocycles. The Morgan fingerprint density at radius 1 is 1.04 bits per heavy atom. The maximum absolute atomic E-state index is 12.6. The number of alkyl halides is 3. The van der Waals surface area contributed by atoms with E-state index in [4.69, 9.17) is 4.74 Å². The number of halogens is 3. The highest BCUT2D eigenvalue weighted by Gasteiger charge is 2.30. The van der Waals surface area contributed by atoms with Gasteiger partial charge in [0.25, 0.3) is 0 Å². The molecule has 1 aromatic heterocycles. The van der Waals surface area contributed by atoms with Crippen LogP contribution in [0, 0.1) is 10.1 Å². The van der Waals surface area contributed by atoms with Crippen molar-refractivity contribution in [1.82, 2.24) is 0 Å². The average Bonchev–Trinajstić information content (AvgIpc) is 2.98. The van der Waals surface area contributed by atoms with Crippen molar-refractivity contribution in [3.8, 4) is 10.8 Å². The number of benzene rings is 2. The third kappa shape index (κ3) is 4.20. The highest BCUT2D eigenvalue weighted by atomic mass is 32.1. The first kappa shape index (κ1) is 17.9. The van der Waals surface area contributed by atoms with E-state index in [1.54, 1.807) is 6.07 Å². The summed E-state index contributed by atoms with van der Waals surface area (Å²) >= 11 is 0.848. The third-order valence-electron chi connectivity index (χ3n) is 3.57. The first-order valence-electron chi connectivity index (χ1n) is 7.49. The number of thiophene rings is 1. The van der Waals surface area contributed by atoms with Crippen LogP contribution in [0.1, 0.15) is 16.7 Å². The number of nitro groups is 1. The van der Waals surface area contributed by atoms with E-state index < -0.39 is 16.7 Å². The van der Waals surface area contributed by atoms with Crippen molar-refractivity contribution in [2.24, 2.45) is 0 Å². The molecule has 0 unspecified atom stereocenters. The van der Waals surface area contributed by atoms with Crippen LogP contribution in [0.15, 0.2) is 60.7 Å². The van der Waals surface area contributed by atoms with Crippen LogP contribution in [0.3, 0.4) is 0 Å². The van der Waals surface area contributed by atoms with E-state index in [1.807, 2.05) is 30.3 Å². The lowest BCUT2D eigenvalue weighted by atomic mass is 10.1. The molecule has 0 atom stereocenters. The molecule has 4 nitrogen and oxygen atoms in total. The van der Waals surface area contributed by atoms with E-state index in [0.717, 1.165) is 29.0 Å². The SMILES string of the molecule is O=[N+]([O-])c1sc(Oc2ccc(C(F)(F)F)cc2)cc1Cc1ccccc1. The quantitative estimate of drug-likeness (QED) is 0.400. The molecule has 0 aliphatic heterocycles. The number of ether oxygens (including phenoxy) is 1. The highest BCUT2D eigenvalue weighted by Crippen LogP contribution is 2.39. The predicted octanol–water partition coefficient (Wildman–Crippen LogP) is 6.06. The molecule has 3 aromatic rings. The zero-order valence-corrected chi connectivity index (χ0v) is 14.0. The van der Waals surface area contributed by atoms with Crippen LogP contribution in [0.2, 0.25) is 0 Å². The Bertz CT molecular complexity index is 906. The minimum Gasteiger partial charge on any atom is -0.446 e. The van der Waals surface area contributed by atoms with Gasteiger partial charge in [-0.2, -0.15) is 13.2 Å². The van der Waals surface area contributed by atoms with Crippen LogP contribution >= 0.6 is 11.3 Å². The van der Waals surface area contributed by atoms with Crippen molar-refractivity contribution in [2.75, 3.05) is 0 Å². The molecule has 0 amide bonds. The molecule has 8 heteroatoms. The Morgan fingerprint density at radius 3 is 2.27 bits per heavy atom. The van der Waals surface area contributed by atoms with Gasteiger partial charge in [0.05, 0.1) is 16.1 Å². The fraction of sp³-hybridized carbons (Fsp3) is 0.111. The largest absolute Gasteiger partial charge is 0.446 e. The maximum atomic E-state index is 12.6. The topological polar surface area (TPSA) is 52.4 Å². The molecule has 0 saturated heterocycles. The number of nitrogens with zero attached hydrogens (tertiary/aromatic N) is 1. The van der Waals surface area contributed by atoms with Crippen molar-refractivity contribution >= 4 is 16.3 Å². The summed E-state index contributed by atoms with van der Waals surface area (Å²) in [4.78, 5) is 10.8.